The number of allylic oxidation sites excluding steroid dienone is 2. The van der Waals surface area contributed by atoms with E-state index in [1.54, 1.807) is 0 Å². The first kappa shape index (κ1) is 25.2. The van der Waals surface area contributed by atoms with E-state index in [4.69, 9.17) is 10.5 Å². The molecule has 34 heavy (non-hydrogen) atoms. The van der Waals surface area contributed by atoms with Gasteiger partial charge in [0.2, 0.25) is 0 Å². The number of aryl methyl sites for hydroxylation is 1. The minimum atomic E-state index is 0.608. The Balaban J connectivity index is 1.40. The highest BCUT2D eigenvalue weighted by molar-refractivity contribution is 5.80. The second-order valence-corrected chi connectivity index (χ2v) is 9.41. The second kappa shape index (κ2) is 11.6. The summed E-state index contributed by atoms with van der Waals surface area (Å²) in [7, 11) is 0. The second-order valence-electron chi connectivity index (χ2n) is 9.41. The first-order chi connectivity index (χ1) is 16.2. The molecule has 0 aliphatic carbocycles. The number of ether oxygens (including phenoxy) is 1. The fourth-order valence-electron chi connectivity index (χ4n) is 4.01. The molecule has 0 atom stereocenters. The van der Waals surface area contributed by atoms with Crippen LogP contribution in [0.3, 0.4) is 0 Å². The minimum Gasteiger partial charge on any atom is -0.480 e. The van der Waals surface area contributed by atoms with Crippen molar-refractivity contribution in [3.05, 3.63) is 84.4 Å². The molecule has 0 bridgehead atoms. The van der Waals surface area contributed by atoms with Gasteiger partial charge in [-0.05, 0) is 68.3 Å². The Hall–Kier alpha value is -3.41. The third-order valence-corrected chi connectivity index (χ3v) is 5.73. The fraction of sp³-hybridized carbons (Fsp3) is 0.393. The summed E-state index contributed by atoms with van der Waals surface area (Å²) in [6, 6.07) is 8.76. The smallest absolute Gasteiger partial charge is 0.179 e. The highest BCUT2D eigenvalue weighted by atomic mass is 16.5. The molecule has 0 fully saturated rings. The van der Waals surface area contributed by atoms with Crippen molar-refractivity contribution in [1.29, 1.82) is 0 Å². The molecule has 0 aliphatic rings. The predicted molar refractivity (Wildman–Crippen MR) is 142 cm³/mol. The molecule has 2 aromatic heterocycles. The maximum atomic E-state index is 6.12. The molecule has 3 N–H and O–H groups in total. The van der Waals surface area contributed by atoms with E-state index < -0.39 is 0 Å². The SMILES string of the molecule is C=C(C)/C=C(/N)c1ncn(CCCCOC(=C)NCc2ccc3ccn(CC(C)C)c3c2)c1C. The highest BCUT2D eigenvalue weighted by Gasteiger charge is 2.09. The number of fused-ring (bicyclic) bond motifs is 1. The molecule has 6 nitrogen and oxygen atoms in total. The lowest BCUT2D eigenvalue weighted by atomic mass is 10.1. The first-order valence-corrected chi connectivity index (χ1v) is 12.0. The number of rotatable bonds is 13. The van der Waals surface area contributed by atoms with Crippen LogP contribution in [0.15, 0.2) is 67.5 Å². The van der Waals surface area contributed by atoms with Crippen molar-refractivity contribution in [1.82, 2.24) is 19.4 Å². The number of hydrogen-bond acceptors (Lipinski definition) is 4. The van der Waals surface area contributed by atoms with Crippen LogP contribution >= 0.6 is 0 Å². The Labute approximate surface area is 203 Å². The van der Waals surface area contributed by atoms with Gasteiger partial charge in [0.1, 0.15) is 5.69 Å². The average Bonchev–Trinajstić information content (AvgIpc) is 3.34. The molecule has 0 saturated carbocycles. The maximum Gasteiger partial charge on any atom is 0.179 e. The lowest BCUT2D eigenvalue weighted by Gasteiger charge is -2.13. The van der Waals surface area contributed by atoms with Gasteiger partial charge in [-0.2, -0.15) is 0 Å². The van der Waals surface area contributed by atoms with E-state index in [2.05, 4.69) is 76.9 Å². The number of nitrogens with two attached hydrogens (primary N) is 1. The van der Waals surface area contributed by atoms with E-state index in [1.807, 2.05) is 26.3 Å². The van der Waals surface area contributed by atoms with Crippen LogP contribution in [0.1, 0.15) is 50.6 Å². The average molecular weight is 462 g/mol. The van der Waals surface area contributed by atoms with Crippen molar-refractivity contribution in [2.45, 2.75) is 60.2 Å². The molecule has 0 spiro atoms. The number of nitrogens with one attached hydrogen (secondary N) is 1. The summed E-state index contributed by atoms with van der Waals surface area (Å²) >= 11 is 0. The molecular formula is C28H39N5O. The van der Waals surface area contributed by atoms with E-state index >= 15 is 0 Å². The van der Waals surface area contributed by atoms with E-state index in [-0.39, 0.29) is 0 Å². The van der Waals surface area contributed by atoms with Crippen LogP contribution in [-0.4, -0.2) is 20.7 Å². The number of imidazole rings is 1. The summed E-state index contributed by atoms with van der Waals surface area (Å²) in [5, 5.41) is 4.57. The van der Waals surface area contributed by atoms with Gasteiger partial charge in [-0.25, -0.2) is 4.98 Å². The molecule has 1 aromatic carbocycles. The molecule has 0 amide bonds. The topological polar surface area (TPSA) is 70.0 Å². The van der Waals surface area contributed by atoms with Gasteiger partial charge in [0.25, 0.3) is 0 Å². The van der Waals surface area contributed by atoms with Crippen molar-refractivity contribution < 1.29 is 4.74 Å². The standard InChI is InChI=1S/C28H39N5O/c1-20(2)15-26(29)28-22(5)33(19-31-28)12-7-8-14-34-23(6)30-17-24-9-10-25-11-13-32(18-21(3)4)27(25)16-24/h9-11,13,15-16,19,21,30H,1,6-8,12,14,17-18,29H2,2-5H3/b26-15+. The van der Waals surface area contributed by atoms with E-state index in [0.717, 1.165) is 42.9 Å². The molecule has 0 unspecified atom stereocenters. The third-order valence-electron chi connectivity index (χ3n) is 5.73. The predicted octanol–water partition coefficient (Wildman–Crippen LogP) is 5.74. The Bertz CT molecular complexity index is 1160. The van der Waals surface area contributed by atoms with Gasteiger partial charge in [0, 0.05) is 37.0 Å². The molecule has 0 saturated heterocycles. The van der Waals surface area contributed by atoms with Gasteiger partial charge >= 0.3 is 0 Å². The normalized spacial score (nSPS) is 11.9. The van der Waals surface area contributed by atoms with Gasteiger partial charge in [0.15, 0.2) is 5.88 Å². The molecule has 6 heteroatoms. The van der Waals surface area contributed by atoms with E-state index in [0.29, 0.717) is 30.6 Å². The summed E-state index contributed by atoms with van der Waals surface area (Å²) in [6.07, 6.45) is 7.79. The highest BCUT2D eigenvalue weighted by Crippen LogP contribution is 2.19. The van der Waals surface area contributed by atoms with Gasteiger partial charge in [0.05, 0.1) is 18.6 Å². The van der Waals surface area contributed by atoms with E-state index in [9.17, 15) is 0 Å². The summed E-state index contributed by atoms with van der Waals surface area (Å²) in [5.41, 5.74) is 12.1. The zero-order valence-corrected chi connectivity index (χ0v) is 21.1. The van der Waals surface area contributed by atoms with Gasteiger partial charge in [-0.3, -0.25) is 0 Å². The van der Waals surface area contributed by atoms with Crippen LogP contribution in [0.4, 0.5) is 0 Å². The van der Waals surface area contributed by atoms with Crippen LogP contribution in [0.5, 0.6) is 0 Å². The van der Waals surface area contributed by atoms with Crippen LogP contribution in [0, 0.1) is 12.8 Å². The van der Waals surface area contributed by atoms with Crippen LogP contribution in [0.2, 0.25) is 0 Å². The number of nitrogens with zero attached hydrogens (tertiary/aromatic N) is 3. The Morgan fingerprint density at radius 1 is 1.21 bits per heavy atom. The van der Waals surface area contributed by atoms with Gasteiger partial charge in [-0.1, -0.05) is 38.1 Å². The van der Waals surface area contributed by atoms with Crippen LogP contribution < -0.4 is 11.1 Å². The minimum absolute atomic E-state index is 0.608. The number of aromatic nitrogens is 3. The summed E-state index contributed by atoms with van der Waals surface area (Å²) in [5.74, 6) is 1.22. The van der Waals surface area contributed by atoms with Crippen molar-refractivity contribution in [2.75, 3.05) is 6.61 Å². The summed E-state index contributed by atoms with van der Waals surface area (Å²) < 4.78 is 10.2. The third kappa shape index (κ3) is 6.80. The molecule has 182 valence electrons. The van der Waals surface area contributed by atoms with Crippen molar-refractivity contribution in [3.63, 3.8) is 0 Å². The molecule has 0 aliphatic heterocycles. The zero-order valence-electron chi connectivity index (χ0n) is 21.1. The van der Waals surface area contributed by atoms with Gasteiger partial charge in [-0.15, -0.1) is 0 Å². The zero-order chi connectivity index (χ0) is 24.7. The lowest BCUT2D eigenvalue weighted by Crippen LogP contribution is -2.15. The molecule has 2 heterocycles. The lowest BCUT2D eigenvalue weighted by molar-refractivity contribution is 0.184. The first-order valence-electron chi connectivity index (χ1n) is 12.0. The number of benzene rings is 1. The molecule has 3 rings (SSSR count). The number of hydrogen-bond donors (Lipinski definition) is 2. The number of unbranched alkanes of at least 4 members (excludes halogenated alkanes) is 1. The molecule has 3 aromatic rings. The van der Waals surface area contributed by atoms with Crippen molar-refractivity contribution in [3.8, 4) is 0 Å². The fourth-order valence-corrected chi connectivity index (χ4v) is 4.01. The maximum absolute atomic E-state index is 6.12. The van der Waals surface area contributed by atoms with Crippen LogP contribution in [0.25, 0.3) is 16.6 Å². The van der Waals surface area contributed by atoms with Crippen molar-refractivity contribution >= 4 is 16.6 Å². The Morgan fingerprint density at radius 2 is 2.00 bits per heavy atom. The quantitative estimate of drug-likeness (QED) is 0.194. The summed E-state index contributed by atoms with van der Waals surface area (Å²) in [6.45, 7) is 19.6. The summed E-state index contributed by atoms with van der Waals surface area (Å²) in [4.78, 5) is 4.46. The van der Waals surface area contributed by atoms with E-state index in [1.165, 1.54) is 16.5 Å². The van der Waals surface area contributed by atoms with Crippen LogP contribution in [-0.2, 0) is 24.4 Å². The monoisotopic (exact) mass is 461 g/mol. The Morgan fingerprint density at radius 3 is 2.74 bits per heavy atom. The molecular weight excluding hydrogens is 422 g/mol. The Kier molecular flexibility index (Phi) is 8.63. The molecule has 0 radical (unpaired) electrons. The van der Waals surface area contributed by atoms with Gasteiger partial charge < -0.3 is 24.9 Å². The van der Waals surface area contributed by atoms with Crippen molar-refractivity contribution in [2.24, 2.45) is 11.7 Å². The largest absolute Gasteiger partial charge is 0.480 e.